The first-order valence-electron chi connectivity index (χ1n) is 7.44. The van der Waals surface area contributed by atoms with Gasteiger partial charge in [-0.25, -0.2) is 0 Å². The normalized spacial score (nSPS) is 25.4. The van der Waals surface area contributed by atoms with Gasteiger partial charge in [-0.2, -0.15) is 0 Å². The number of aryl methyl sites for hydroxylation is 1. The molecule has 19 heavy (non-hydrogen) atoms. The van der Waals surface area contributed by atoms with Crippen LogP contribution in [0.25, 0.3) is 0 Å². The van der Waals surface area contributed by atoms with E-state index in [2.05, 4.69) is 35.1 Å². The van der Waals surface area contributed by atoms with Gasteiger partial charge in [0.15, 0.2) is 0 Å². The van der Waals surface area contributed by atoms with Crippen molar-refractivity contribution in [1.29, 1.82) is 0 Å². The van der Waals surface area contributed by atoms with Gasteiger partial charge in [0, 0.05) is 43.1 Å². The van der Waals surface area contributed by atoms with Crippen LogP contribution in [0.1, 0.15) is 36.2 Å². The second-order valence-corrected chi connectivity index (χ2v) is 7.02. The molecule has 3 nitrogen and oxygen atoms in total. The number of hydrogen-bond acceptors (Lipinski definition) is 4. The maximum Gasteiger partial charge on any atom is 0.0594 e. The summed E-state index contributed by atoms with van der Waals surface area (Å²) in [5.41, 5.74) is 7.69. The van der Waals surface area contributed by atoms with Crippen LogP contribution in [0.3, 0.4) is 0 Å². The van der Waals surface area contributed by atoms with Crippen molar-refractivity contribution >= 4 is 11.3 Å². The predicted octanol–water partition coefficient (Wildman–Crippen LogP) is 2.22. The molecule has 3 rings (SSSR count). The summed E-state index contributed by atoms with van der Waals surface area (Å²) in [6, 6.07) is 3.72. The molecule has 1 saturated heterocycles. The van der Waals surface area contributed by atoms with Gasteiger partial charge in [-0.15, -0.1) is 11.3 Å². The molecule has 1 aromatic heterocycles. The van der Waals surface area contributed by atoms with Gasteiger partial charge in [-0.3, -0.25) is 9.80 Å². The molecule has 2 aliphatic rings. The van der Waals surface area contributed by atoms with E-state index in [1.807, 2.05) is 11.3 Å². The molecule has 106 valence electrons. The number of thiophene rings is 1. The van der Waals surface area contributed by atoms with E-state index in [4.69, 9.17) is 5.73 Å². The lowest BCUT2D eigenvalue weighted by atomic mass is 10.0. The Hall–Kier alpha value is -0.420. The van der Waals surface area contributed by atoms with Gasteiger partial charge in [0.2, 0.25) is 0 Å². The quantitative estimate of drug-likeness (QED) is 0.917. The van der Waals surface area contributed by atoms with Crippen LogP contribution in [-0.4, -0.2) is 48.1 Å². The minimum atomic E-state index is 0.199. The molecule has 0 amide bonds. The molecule has 0 radical (unpaired) electrons. The van der Waals surface area contributed by atoms with Gasteiger partial charge < -0.3 is 5.73 Å². The first-order chi connectivity index (χ1) is 9.16. The average Bonchev–Trinajstić information content (AvgIpc) is 3.15. The third-order valence-corrected chi connectivity index (χ3v) is 5.56. The third-order valence-electron chi connectivity index (χ3n) is 4.47. The van der Waals surface area contributed by atoms with Crippen molar-refractivity contribution in [2.45, 2.75) is 44.8 Å². The fourth-order valence-corrected chi connectivity index (χ4v) is 4.42. The fourth-order valence-electron chi connectivity index (χ4n) is 3.24. The first kappa shape index (κ1) is 13.6. The van der Waals surface area contributed by atoms with Gasteiger partial charge in [0.05, 0.1) is 6.04 Å². The van der Waals surface area contributed by atoms with Gasteiger partial charge in [0.25, 0.3) is 0 Å². The van der Waals surface area contributed by atoms with E-state index >= 15 is 0 Å². The number of hydrogen-bond donors (Lipinski definition) is 1. The molecular formula is C15H25N3S. The average molecular weight is 279 g/mol. The minimum absolute atomic E-state index is 0.199. The lowest BCUT2D eigenvalue weighted by Gasteiger charge is -2.40. The van der Waals surface area contributed by atoms with Crippen LogP contribution in [0.4, 0.5) is 0 Å². The summed E-state index contributed by atoms with van der Waals surface area (Å²) in [5.74, 6) is 0. The molecule has 1 aliphatic carbocycles. The Morgan fingerprint density at radius 3 is 2.42 bits per heavy atom. The molecule has 1 aliphatic heterocycles. The summed E-state index contributed by atoms with van der Waals surface area (Å²) in [6.07, 6.45) is 2.83. The Kier molecular flexibility index (Phi) is 3.94. The first-order valence-corrected chi connectivity index (χ1v) is 8.32. The summed E-state index contributed by atoms with van der Waals surface area (Å²) in [6.45, 7) is 9.13. The molecule has 1 aromatic rings. The monoisotopic (exact) mass is 279 g/mol. The number of nitrogens with two attached hydrogens (primary N) is 1. The highest BCUT2D eigenvalue weighted by atomic mass is 32.1. The summed E-state index contributed by atoms with van der Waals surface area (Å²) >= 11 is 1.86. The Balaban J connectivity index is 1.69. The van der Waals surface area contributed by atoms with Crippen LogP contribution in [0.5, 0.6) is 0 Å². The van der Waals surface area contributed by atoms with Crippen molar-refractivity contribution in [3.8, 4) is 0 Å². The standard InChI is InChI=1S/C15H25N3S/c1-11-5-10-19-15(11)14(12(2)16)18-8-6-17(7-9-18)13-3-4-13/h5,10,12-14H,3-4,6-9,16H2,1-2H3. The van der Waals surface area contributed by atoms with Crippen molar-refractivity contribution in [3.63, 3.8) is 0 Å². The maximum atomic E-state index is 6.29. The van der Waals surface area contributed by atoms with E-state index in [0.29, 0.717) is 6.04 Å². The third kappa shape index (κ3) is 2.87. The Bertz CT molecular complexity index is 417. The number of piperazine rings is 1. The maximum absolute atomic E-state index is 6.29. The van der Waals surface area contributed by atoms with Crippen LogP contribution in [-0.2, 0) is 0 Å². The van der Waals surface area contributed by atoms with Crippen LogP contribution in [0.15, 0.2) is 11.4 Å². The Labute approximate surface area is 120 Å². The largest absolute Gasteiger partial charge is 0.326 e. The SMILES string of the molecule is Cc1ccsc1C(C(C)N)N1CCN(C2CC2)CC1. The Morgan fingerprint density at radius 2 is 1.95 bits per heavy atom. The zero-order chi connectivity index (χ0) is 13.4. The van der Waals surface area contributed by atoms with Crippen LogP contribution >= 0.6 is 11.3 Å². The summed E-state index contributed by atoms with van der Waals surface area (Å²) in [4.78, 5) is 6.73. The van der Waals surface area contributed by atoms with Gasteiger partial charge in [0.1, 0.15) is 0 Å². The zero-order valence-corrected chi connectivity index (χ0v) is 12.8. The summed E-state index contributed by atoms with van der Waals surface area (Å²) in [5, 5.41) is 2.19. The van der Waals surface area contributed by atoms with E-state index in [-0.39, 0.29) is 6.04 Å². The minimum Gasteiger partial charge on any atom is -0.326 e. The van der Waals surface area contributed by atoms with E-state index in [0.717, 1.165) is 6.04 Å². The molecule has 2 N–H and O–H groups in total. The topological polar surface area (TPSA) is 32.5 Å². The van der Waals surface area contributed by atoms with Crippen molar-refractivity contribution in [1.82, 2.24) is 9.80 Å². The lowest BCUT2D eigenvalue weighted by molar-refractivity contribution is 0.0837. The van der Waals surface area contributed by atoms with E-state index in [1.54, 1.807) is 0 Å². The molecule has 4 heteroatoms. The van der Waals surface area contributed by atoms with E-state index in [1.165, 1.54) is 49.5 Å². The molecule has 1 saturated carbocycles. The second-order valence-electron chi connectivity index (χ2n) is 6.07. The van der Waals surface area contributed by atoms with Gasteiger partial charge in [-0.05, 0) is 43.7 Å². The molecule has 2 atom stereocenters. The highest BCUT2D eigenvalue weighted by Gasteiger charge is 2.34. The van der Waals surface area contributed by atoms with Crippen LogP contribution < -0.4 is 5.73 Å². The van der Waals surface area contributed by atoms with E-state index in [9.17, 15) is 0 Å². The van der Waals surface area contributed by atoms with Gasteiger partial charge >= 0.3 is 0 Å². The van der Waals surface area contributed by atoms with Crippen molar-refractivity contribution in [2.75, 3.05) is 26.2 Å². The molecule has 0 aromatic carbocycles. The van der Waals surface area contributed by atoms with Gasteiger partial charge in [-0.1, -0.05) is 0 Å². The summed E-state index contributed by atoms with van der Waals surface area (Å²) in [7, 11) is 0. The molecule has 2 fully saturated rings. The Morgan fingerprint density at radius 1 is 1.26 bits per heavy atom. The number of rotatable bonds is 4. The molecule has 0 spiro atoms. The smallest absolute Gasteiger partial charge is 0.0594 e. The zero-order valence-electron chi connectivity index (χ0n) is 12.0. The second kappa shape index (κ2) is 5.52. The molecular weight excluding hydrogens is 254 g/mol. The fraction of sp³-hybridized carbons (Fsp3) is 0.733. The van der Waals surface area contributed by atoms with Crippen molar-refractivity contribution in [3.05, 3.63) is 21.9 Å². The lowest BCUT2D eigenvalue weighted by Crippen LogP contribution is -2.51. The highest BCUT2D eigenvalue weighted by Crippen LogP contribution is 2.33. The highest BCUT2D eigenvalue weighted by molar-refractivity contribution is 7.10. The van der Waals surface area contributed by atoms with Crippen LogP contribution in [0.2, 0.25) is 0 Å². The van der Waals surface area contributed by atoms with Crippen LogP contribution in [0, 0.1) is 6.92 Å². The predicted molar refractivity (Wildman–Crippen MR) is 81.6 cm³/mol. The van der Waals surface area contributed by atoms with Crippen molar-refractivity contribution in [2.24, 2.45) is 5.73 Å². The number of nitrogens with zero attached hydrogens (tertiary/aromatic N) is 2. The van der Waals surface area contributed by atoms with E-state index < -0.39 is 0 Å². The molecule has 2 unspecified atom stereocenters. The molecule has 0 bridgehead atoms. The summed E-state index contributed by atoms with van der Waals surface area (Å²) < 4.78 is 0. The van der Waals surface area contributed by atoms with Crippen molar-refractivity contribution < 1.29 is 0 Å². The molecule has 2 heterocycles.